The lowest BCUT2D eigenvalue weighted by Crippen LogP contribution is -2.65. The van der Waals surface area contributed by atoms with Crippen LogP contribution in [0, 0.1) is 11.3 Å². The zero-order valence-corrected chi connectivity index (χ0v) is 14.2. The molecule has 6 heteroatoms. The second-order valence-corrected chi connectivity index (χ2v) is 6.87. The lowest BCUT2D eigenvalue weighted by molar-refractivity contribution is -0.192. The van der Waals surface area contributed by atoms with Gasteiger partial charge in [-0.2, -0.15) is 5.26 Å². The van der Waals surface area contributed by atoms with E-state index >= 15 is 0 Å². The molecule has 0 aliphatic carbocycles. The van der Waals surface area contributed by atoms with Crippen LogP contribution in [0.25, 0.3) is 0 Å². The van der Waals surface area contributed by atoms with Gasteiger partial charge in [-0.1, -0.05) is 0 Å². The second-order valence-electron chi connectivity index (χ2n) is 6.87. The van der Waals surface area contributed by atoms with Crippen LogP contribution in [0.15, 0.2) is 18.2 Å². The van der Waals surface area contributed by atoms with Crippen molar-refractivity contribution in [2.75, 3.05) is 20.3 Å². The Morgan fingerprint density at radius 2 is 2.25 bits per heavy atom. The van der Waals surface area contributed by atoms with Crippen LogP contribution in [0.2, 0.25) is 0 Å². The van der Waals surface area contributed by atoms with E-state index in [-0.39, 0.29) is 12.5 Å². The van der Waals surface area contributed by atoms with Crippen LogP contribution >= 0.6 is 0 Å². The van der Waals surface area contributed by atoms with Crippen molar-refractivity contribution in [3.8, 4) is 11.8 Å². The number of hydrogen-bond acceptors (Lipinski definition) is 5. The number of likely N-dealkylation sites (tertiary alicyclic amines) is 1. The van der Waals surface area contributed by atoms with Gasteiger partial charge in [0.1, 0.15) is 11.4 Å². The fourth-order valence-electron chi connectivity index (χ4n) is 3.73. The van der Waals surface area contributed by atoms with Gasteiger partial charge >= 0.3 is 0 Å². The molecule has 0 saturated carbocycles. The summed E-state index contributed by atoms with van der Waals surface area (Å²) in [5.41, 5.74) is -1.25. The average molecular weight is 330 g/mol. The predicted molar refractivity (Wildman–Crippen MR) is 86.4 cm³/mol. The smallest absolute Gasteiger partial charge is 0.223 e. The molecule has 0 radical (unpaired) electrons. The Kier molecular flexibility index (Phi) is 4.02. The average Bonchev–Trinajstić information content (AvgIpc) is 2.94. The number of fused-ring (bicyclic) bond motifs is 1. The largest absolute Gasteiger partial charge is 0.482 e. The molecule has 1 N–H and O–H groups in total. The van der Waals surface area contributed by atoms with Gasteiger partial charge < -0.3 is 19.5 Å². The molecule has 1 fully saturated rings. The molecule has 2 aliphatic heterocycles. The minimum atomic E-state index is -1.37. The highest BCUT2D eigenvalue weighted by atomic mass is 16.6. The first-order valence-electron chi connectivity index (χ1n) is 8.08. The lowest BCUT2D eigenvalue weighted by Gasteiger charge is -2.53. The molecule has 128 valence electrons. The molecule has 1 amide bonds. The number of carbonyl (C=O) groups excluding carboxylic acids is 1. The summed E-state index contributed by atoms with van der Waals surface area (Å²) in [5.74, 6) is 0.583. The number of nitrogens with zero attached hydrogens (tertiary/aromatic N) is 2. The first-order chi connectivity index (χ1) is 11.3. The van der Waals surface area contributed by atoms with Crippen LogP contribution in [0.5, 0.6) is 5.75 Å². The molecule has 2 heterocycles. The number of benzene rings is 1. The summed E-state index contributed by atoms with van der Waals surface area (Å²) in [5, 5.41) is 20.6. The zero-order valence-electron chi connectivity index (χ0n) is 14.2. The molecular weight excluding hydrogens is 308 g/mol. The van der Waals surface area contributed by atoms with E-state index in [1.807, 2.05) is 0 Å². The minimum absolute atomic E-state index is 0.00949. The molecular formula is C18H22N2O4. The van der Waals surface area contributed by atoms with Gasteiger partial charge in [-0.25, -0.2) is 0 Å². The minimum Gasteiger partial charge on any atom is -0.482 e. The molecule has 3 rings (SSSR count). The molecule has 2 aliphatic rings. The summed E-state index contributed by atoms with van der Waals surface area (Å²) in [6.45, 7) is 4.21. The number of amides is 1. The summed E-state index contributed by atoms with van der Waals surface area (Å²) in [4.78, 5) is 14.1. The van der Waals surface area contributed by atoms with Gasteiger partial charge in [0.25, 0.3) is 0 Å². The molecule has 0 aromatic heterocycles. The van der Waals surface area contributed by atoms with E-state index in [9.17, 15) is 15.2 Å². The standard InChI is InChI=1S/C18H22N2O4/c1-17(11-23-3)18(2,22)16(20-8-4-5-15(20)21)13-9-12(10-19)6-7-14(13)24-17/h6-7,9,16,22H,4-5,8,11H2,1-3H3. The maximum Gasteiger partial charge on any atom is 0.223 e. The summed E-state index contributed by atoms with van der Waals surface area (Å²) in [6, 6.07) is 6.63. The monoisotopic (exact) mass is 330 g/mol. The number of aliphatic hydroxyl groups is 1. The highest BCUT2D eigenvalue weighted by Gasteiger charge is 2.58. The number of methoxy groups -OCH3 is 1. The van der Waals surface area contributed by atoms with E-state index in [0.717, 1.165) is 6.42 Å². The molecule has 6 nitrogen and oxygen atoms in total. The van der Waals surface area contributed by atoms with Crippen LogP contribution in [-0.4, -0.2) is 47.4 Å². The van der Waals surface area contributed by atoms with E-state index in [1.54, 1.807) is 44.1 Å². The van der Waals surface area contributed by atoms with Crippen molar-refractivity contribution in [1.29, 1.82) is 5.26 Å². The molecule has 3 atom stereocenters. The van der Waals surface area contributed by atoms with Crippen LogP contribution in [0.3, 0.4) is 0 Å². The van der Waals surface area contributed by atoms with Crippen LogP contribution in [0.4, 0.5) is 0 Å². The van der Waals surface area contributed by atoms with Crippen molar-refractivity contribution in [2.24, 2.45) is 0 Å². The number of hydrogen-bond donors (Lipinski definition) is 1. The summed E-state index contributed by atoms with van der Waals surface area (Å²) >= 11 is 0. The third-order valence-corrected chi connectivity index (χ3v) is 5.21. The Morgan fingerprint density at radius 1 is 1.50 bits per heavy atom. The van der Waals surface area contributed by atoms with Gasteiger partial charge in [-0.3, -0.25) is 4.79 Å². The SMILES string of the molecule is COCC1(C)Oc2ccc(C#N)cc2C(N2CCCC2=O)C1(C)O. The van der Waals surface area contributed by atoms with Gasteiger partial charge in [0.15, 0.2) is 5.60 Å². The summed E-state index contributed by atoms with van der Waals surface area (Å²) in [6.07, 6.45) is 1.24. The molecule has 1 aromatic rings. The van der Waals surface area contributed by atoms with Crippen molar-refractivity contribution in [3.63, 3.8) is 0 Å². The first kappa shape index (κ1) is 16.7. The molecule has 0 spiro atoms. The van der Waals surface area contributed by atoms with E-state index < -0.39 is 17.2 Å². The Labute approximate surface area is 141 Å². The highest BCUT2D eigenvalue weighted by molar-refractivity contribution is 5.79. The number of ether oxygens (including phenoxy) is 2. The normalized spacial score (nSPS) is 32.2. The van der Waals surface area contributed by atoms with Gasteiger partial charge in [-0.15, -0.1) is 0 Å². The van der Waals surface area contributed by atoms with Crippen molar-refractivity contribution in [2.45, 2.75) is 43.9 Å². The molecule has 0 bridgehead atoms. The van der Waals surface area contributed by atoms with E-state index in [0.29, 0.717) is 29.8 Å². The topological polar surface area (TPSA) is 82.8 Å². The van der Waals surface area contributed by atoms with Crippen molar-refractivity contribution in [3.05, 3.63) is 29.3 Å². The Hall–Kier alpha value is -2.10. The van der Waals surface area contributed by atoms with E-state index in [2.05, 4.69) is 6.07 Å². The Morgan fingerprint density at radius 3 is 2.83 bits per heavy atom. The Bertz CT molecular complexity index is 709. The number of rotatable bonds is 3. The fraction of sp³-hybridized carbons (Fsp3) is 0.556. The lowest BCUT2D eigenvalue weighted by atomic mass is 9.74. The highest BCUT2D eigenvalue weighted by Crippen LogP contribution is 2.50. The fourth-order valence-corrected chi connectivity index (χ4v) is 3.73. The van der Waals surface area contributed by atoms with Crippen LogP contribution in [-0.2, 0) is 9.53 Å². The van der Waals surface area contributed by atoms with Gasteiger partial charge in [0, 0.05) is 25.6 Å². The quantitative estimate of drug-likeness (QED) is 0.913. The molecule has 3 unspecified atom stereocenters. The van der Waals surface area contributed by atoms with E-state index in [4.69, 9.17) is 9.47 Å². The van der Waals surface area contributed by atoms with Gasteiger partial charge in [0.2, 0.25) is 5.91 Å². The maximum atomic E-state index is 12.4. The number of carbonyl (C=O) groups is 1. The van der Waals surface area contributed by atoms with Crippen LogP contribution in [0.1, 0.15) is 43.9 Å². The van der Waals surface area contributed by atoms with Gasteiger partial charge in [0.05, 0.1) is 24.3 Å². The van der Waals surface area contributed by atoms with Crippen molar-refractivity contribution in [1.82, 2.24) is 4.90 Å². The molecule has 1 saturated heterocycles. The van der Waals surface area contributed by atoms with Gasteiger partial charge in [-0.05, 0) is 38.5 Å². The Balaban J connectivity index is 2.18. The predicted octanol–water partition coefficient (Wildman–Crippen LogP) is 1.77. The summed E-state index contributed by atoms with van der Waals surface area (Å²) < 4.78 is 11.4. The van der Waals surface area contributed by atoms with Crippen molar-refractivity contribution >= 4 is 5.91 Å². The second kappa shape index (κ2) is 5.76. The van der Waals surface area contributed by atoms with Crippen molar-refractivity contribution < 1.29 is 19.4 Å². The zero-order chi connectivity index (χ0) is 17.5. The first-order valence-corrected chi connectivity index (χ1v) is 8.08. The maximum absolute atomic E-state index is 12.4. The number of nitriles is 1. The summed E-state index contributed by atoms with van der Waals surface area (Å²) in [7, 11) is 1.55. The molecule has 1 aromatic carbocycles. The molecule has 24 heavy (non-hydrogen) atoms. The third-order valence-electron chi connectivity index (χ3n) is 5.21. The van der Waals surface area contributed by atoms with Crippen LogP contribution < -0.4 is 4.74 Å². The third kappa shape index (κ3) is 2.36. The van der Waals surface area contributed by atoms with E-state index in [1.165, 1.54) is 0 Å².